The molecular formula is C13H15N3O2S. The van der Waals surface area contributed by atoms with E-state index in [-0.39, 0.29) is 24.4 Å². The molecule has 0 atom stereocenters. The van der Waals surface area contributed by atoms with E-state index in [0.29, 0.717) is 5.56 Å². The van der Waals surface area contributed by atoms with Crippen LogP contribution in [0.1, 0.15) is 24.2 Å². The Bertz CT molecular complexity index is 607. The monoisotopic (exact) mass is 277 g/mol. The Kier molecular flexibility index (Phi) is 4.11. The summed E-state index contributed by atoms with van der Waals surface area (Å²) in [6.07, 6.45) is 0. The molecule has 0 aliphatic heterocycles. The molecule has 0 unspecified atom stereocenters. The average molecular weight is 277 g/mol. The average Bonchev–Trinajstić information content (AvgIpc) is 2.82. The molecule has 0 saturated carbocycles. The summed E-state index contributed by atoms with van der Waals surface area (Å²) < 4.78 is 0.958. The van der Waals surface area contributed by atoms with Crippen LogP contribution < -0.4 is 10.6 Å². The molecule has 0 aliphatic rings. The summed E-state index contributed by atoms with van der Waals surface area (Å²) in [6, 6.07) is 5.35. The van der Waals surface area contributed by atoms with Gasteiger partial charge in [0.2, 0.25) is 5.91 Å². The predicted octanol–water partition coefficient (Wildman–Crippen LogP) is 1.55. The van der Waals surface area contributed by atoms with Gasteiger partial charge in [-0.05, 0) is 32.0 Å². The van der Waals surface area contributed by atoms with Gasteiger partial charge in [0.1, 0.15) is 0 Å². The van der Waals surface area contributed by atoms with Crippen molar-refractivity contribution < 1.29 is 9.59 Å². The van der Waals surface area contributed by atoms with Crippen molar-refractivity contribution in [1.29, 1.82) is 0 Å². The number of hydrogen-bond donors (Lipinski definition) is 2. The maximum Gasteiger partial charge on any atom is 0.251 e. The summed E-state index contributed by atoms with van der Waals surface area (Å²) >= 11 is 1.48. The van der Waals surface area contributed by atoms with Gasteiger partial charge < -0.3 is 10.6 Å². The van der Waals surface area contributed by atoms with E-state index in [9.17, 15) is 9.59 Å². The van der Waals surface area contributed by atoms with E-state index in [4.69, 9.17) is 0 Å². The van der Waals surface area contributed by atoms with Crippen LogP contribution in [0.15, 0.2) is 23.7 Å². The Morgan fingerprint density at radius 3 is 2.89 bits per heavy atom. The summed E-state index contributed by atoms with van der Waals surface area (Å²) in [5.74, 6) is -0.448. The number of aromatic nitrogens is 1. The van der Waals surface area contributed by atoms with Gasteiger partial charge >= 0.3 is 0 Å². The highest BCUT2D eigenvalue weighted by Crippen LogP contribution is 2.18. The number of fused-ring (bicyclic) bond motifs is 1. The lowest BCUT2D eigenvalue weighted by Gasteiger charge is -2.09. The van der Waals surface area contributed by atoms with Gasteiger partial charge in [-0.1, -0.05) is 0 Å². The van der Waals surface area contributed by atoms with Crippen LogP contribution >= 0.6 is 11.3 Å². The normalized spacial score (nSPS) is 10.7. The molecule has 2 rings (SSSR count). The van der Waals surface area contributed by atoms with E-state index in [1.807, 2.05) is 13.8 Å². The Morgan fingerprint density at radius 1 is 1.37 bits per heavy atom. The van der Waals surface area contributed by atoms with Crippen LogP contribution in [0.4, 0.5) is 0 Å². The molecule has 100 valence electrons. The summed E-state index contributed by atoms with van der Waals surface area (Å²) in [5, 5.41) is 5.31. The number of benzene rings is 1. The number of thiazole rings is 1. The lowest BCUT2D eigenvalue weighted by Crippen LogP contribution is -2.39. The Labute approximate surface area is 115 Å². The van der Waals surface area contributed by atoms with Crippen LogP contribution in [0, 0.1) is 0 Å². The van der Waals surface area contributed by atoms with Crippen molar-refractivity contribution >= 4 is 33.4 Å². The first-order valence-electron chi connectivity index (χ1n) is 5.97. The first-order valence-corrected chi connectivity index (χ1v) is 6.85. The molecule has 0 radical (unpaired) electrons. The van der Waals surface area contributed by atoms with E-state index in [0.717, 1.165) is 10.2 Å². The molecule has 1 aromatic carbocycles. The van der Waals surface area contributed by atoms with Gasteiger partial charge in [-0.2, -0.15) is 0 Å². The highest BCUT2D eigenvalue weighted by molar-refractivity contribution is 7.16. The van der Waals surface area contributed by atoms with E-state index < -0.39 is 0 Å². The maximum atomic E-state index is 11.9. The molecule has 2 aromatic rings. The zero-order valence-electron chi connectivity index (χ0n) is 10.8. The van der Waals surface area contributed by atoms with E-state index in [2.05, 4.69) is 15.6 Å². The molecule has 0 bridgehead atoms. The van der Waals surface area contributed by atoms with Crippen molar-refractivity contribution in [3.05, 3.63) is 29.3 Å². The summed E-state index contributed by atoms with van der Waals surface area (Å²) in [7, 11) is 0. The lowest BCUT2D eigenvalue weighted by molar-refractivity contribution is -0.120. The molecule has 0 aliphatic carbocycles. The molecule has 0 saturated heterocycles. The third kappa shape index (κ3) is 3.51. The number of carbonyl (C=O) groups excluding carboxylic acids is 2. The van der Waals surface area contributed by atoms with Crippen molar-refractivity contribution in [2.75, 3.05) is 6.54 Å². The van der Waals surface area contributed by atoms with Crippen LogP contribution in [0.5, 0.6) is 0 Å². The second kappa shape index (κ2) is 5.79. The van der Waals surface area contributed by atoms with E-state index in [1.165, 1.54) is 11.3 Å². The van der Waals surface area contributed by atoms with Gasteiger partial charge in [-0.25, -0.2) is 4.98 Å². The minimum absolute atomic E-state index is 0.0161. The highest BCUT2D eigenvalue weighted by Gasteiger charge is 2.09. The van der Waals surface area contributed by atoms with Gasteiger partial charge in [0.05, 0.1) is 22.3 Å². The van der Waals surface area contributed by atoms with Gasteiger partial charge in [0, 0.05) is 11.6 Å². The number of rotatable bonds is 4. The number of amides is 2. The van der Waals surface area contributed by atoms with Crippen molar-refractivity contribution in [1.82, 2.24) is 15.6 Å². The SMILES string of the molecule is CC(C)NC(=O)CNC(=O)c1ccc2ncsc2c1. The quantitative estimate of drug-likeness (QED) is 0.890. The first kappa shape index (κ1) is 13.5. The predicted molar refractivity (Wildman–Crippen MR) is 75.2 cm³/mol. The summed E-state index contributed by atoms with van der Waals surface area (Å²) in [4.78, 5) is 27.5. The fourth-order valence-electron chi connectivity index (χ4n) is 1.63. The molecule has 1 aromatic heterocycles. The van der Waals surface area contributed by atoms with Gasteiger partial charge in [0.25, 0.3) is 5.91 Å². The van der Waals surface area contributed by atoms with Crippen LogP contribution in [0.3, 0.4) is 0 Å². The van der Waals surface area contributed by atoms with Crippen LogP contribution in [-0.2, 0) is 4.79 Å². The molecule has 19 heavy (non-hydrogen) atoms. The smallest absolute Gasteiger partial charge is 0.251 e. The van der Waals surface area contributed by atoms with Gasteiger partial charge in [0.15, 0.2) is 0 Å². The molecule has 2 amide bonds. The van der Waals surface area contributed by atoms with Gasteiger partial charge in [-0.3, -0.25) is 9.59 Å². The van der Waals surface area contributed by atoms with E-state index in [1.54, 1.807) is 23.7 Å². The second-order valence-electron chi connectivity index (χ2n) is 4.44. The minimum atomic E-state index is -0.255. The van der Waals surface area contributed by atoms with E-state index >= 15 is 0 Å². The lowest BCUT2D eigenvalue weighted by atomic mass is 10.2. The standard InChI is InChI=1S/C13H15N3O2S/c1-8(2)16-12(17)6-14-13(18)9-3-4-10-11(5-9)19-7-15-10/h3-5,7-8H,6H2,1-2H3,(H,14,18)(H,16,17). The van der Waals surface area contributed by atoms with Crippen LogP contribution in [0.2, 0.25) is 0 Å². The Balaban J connectivity index is 1.97. The zero-order chi connectivity index (χ0) is 13.8. The fraction of sp³-hybridized carbons (Fsp3) is 0.308. The topological polar surface area (TPSA) is 71.1 Å². The minimum Gasteiger partial charge on any atom is -0.352 e. The molecule has 2 N–H and O–H groups in total. The number of nitrogens with one attached hydrogen (secondary N) is 2. The zero-order valence-corrected chi connectivity index (χ0v) is 11.6. The second-order valence-corrected chi connectivity index (χ2v) is 5.33. The van der Waals surface area contributed by atoms with Crippen LogP contribution in [-0.4, -0.2) is 29.4 Å². The largest absolute Gasteiger partial charge is 0.352 e. The first-order chi connectivity index (χ1) is 9.06. The Morgan fingerprint density at radius 2 is 2.16 bits per heavy atom. The maximum absolute atomic E-state index is 11.9. The van der Waals surface area contributed by atoms with Crippen molar-refractivity contribution in [2.45, 2.75) is 19.9 Å². The third-order valence-electron chi connectivity index (χ3n) is 2.45. The molecular weight excluding hydrogens is 262 g/mol. The number of nitrogens with zero attached hydrogens (tertiary/aromatic N) is 1. The van der Waals surface area contributed by atoms with Crippen LogP contribution in [0.25, 0.3) is 10.2 Å². The third-order valence-corrected chi connectivity index (χ3v) is 3.24. The molecule has 6 heteroatoms. The molecule has 5 nitrogen and oxygen atoms in total. The number of hydrogen-bond acceptors (Lipinski definition) is 4. The summed E-state index contributed by atoms with van der Waals surface area (Å²) in [5.41, 5.74) is 3.15. The fourth-order valence-corrected chi connectivity index (χ4v) is 2.35. The Hall–Kier alpha value is -1.95. The van der Waals surface area contributed by atoms with Crippen molar-refractivity contribution in [3.8, 4) is 0 Å². The molecule has 0 spiro atoms. The van der Waals surface area contributed by atoms with Gasteiger partial charge in [-0.15, -0.1) is 11.3 Å². The molecule has 0 fully saturated rings. The van der Waals surface area contributed by atoms with Crippen molar-refractivity contribution in [3.63, 3.8) is 0 Å². The number of carbonyl (C=O) groups is 2. The molecule has 1 heterocycles. The highest BCUT2D eigenvalue weighted by atomic mass is 32.1. The van der Waals surface area contributed by atoms with Crippen molar-refractivity contribution in [2.24, 2.45) is 0 Å². The summed E-state index contributed by atoms with van der Waals surface area (Å²) in [6.45, 7) is 3.73.